The van der Waals surface area contributed by atoms with Crippen molar-refractivity contribution in [1.29, 1.82) is 0 Å². The van der Waals surface area contributed by atoms with Gasteiger partial charge in [0.2, 0.25) is 0 Å². The largest absolute Gasteiger partial charge is 0.496 e. The molecule has 1 atom stereocenters. The molecular formula is C13H19FN2O. The Labute approximate surface area is 102 Å². The van der Waals surface area contributed by atoms with Gasteiger partial charge in [0, 0.05) is 25.7 Å². The van der Waals surface area contributed by atoms with Crippen molar-refractivity contribution < 1.29 is 9.13 Å². The van der Waals surface area contributed by atoms with Crippen LogP contribution in [0, 0.1) is 5.82 Å². The van der Waals surface area contributed by atoms with Crippen LogP contribution in [0.15, 0.2) is 18.2 Å². The number of nitrogens with one attached hydrogen (secondary N) is 1. The molecule has 3 nitrogen and oxygen atoms in total. The van der Waals surface area contributed by atoms with Gasteiger partial charge in [0.25, 0.3) is 0 Å². The second kappa shape index (κ2) is 5.47. The molecule has 1 aliphatic rings. The van der Waals surface area contributed by atoms with Crippen LogP contribution in [-0.4, -0.2) is 44.7 Å². The van der Waals surface area contributed by atoms with Crippen molar-refractivity contribution in [2.24, 2.45) is 0 Å². The van der Waals surface area contributed by atoms with Crippen LogP contribution in [0.3, 0.4) is 0 Å². The maximum atomic E-state index is 13.3. The predicted molar refractivity (Wildman–Crippen MR) is 65.9 cm³/mol. The van der Waals surface area contributed by atoms with Gasteiger partial charge in [-0.05, 0) is 37.2 Å². The van der Waals surface area contributed by atoms with Crippen LogP contribution in [0.1, 0.15) is 5.56 Å². The van der Waals surface area contributed by atoms with E-state index in [2.05, 4.69) is 17.3 Å². The smallest absolute Gasteiger partial charge is 0.123 e. The van der Waals surface area contributed by atoms with Gasteiger partial charge in [0.1, 0.15) is 11.6 Å². The third-order valence-electron chi connectivity index (χ3n) is 3.34. The van der Waals surface area contributed by atoms with E-state index in [0.717, 1.165) is 37.4 Å². The minimum absolute atomic E-state index is 0.202. The number of ether oxygens (including phenoxy) is 1. The van der Waals surface area contributed by atoms with Crippen molar-refractivity contribution >= 4 is 0 Å². The first kappa shape index (κ1) is 12.3. The Morgan fingerprint density at radius 2 is 2.35 bits per heavy atom. The Hall–Kier alpha value is -1.13. The Kier molecular flexibility index (Phi) is 3.97. The molecule has 2 rings (SSSR count). The van der Waals surface area contributed by atoms with Gasteiger partial charge in [-0.15, -0.1) is 0 Å². The van der Waals surface area contributed by atoms with E-state index >= 15 is 0 Å². The number of hydrogen-bond donors (Lipinski definition) is 1. The van der Waals surface area contributed by atoms with Crippen LogP contribution in [0.2, 0.25) is 0 Å². The van der Waals surface area contributed by atoms with Crippen LogP contribution >= 0.6 is 0 Å². The van der Waals surface area contributed by atoms with Gasteiger partial charge in [-0.1, -0.05) is 0 Å². The summed E-state index contributed by atoms with van der Waals surface area (Å²) in [5.74, 6) is 0.567. The minimum atomic E-state index is -0.202. The van der Waals surface area contributed by atoms with Gasteiger partial charge in [-0.25, -0.2) is 4.39 Å². The van der Waals surface area contributed by atoms with E-state index in [1.165, 1.54) is 6.07 Å². The first-order valence-electron chi connectivity index (χ1n) is 5.94. The molecule has 1 aliphatic heterocycles. The molecule has 1 unspecified atom stereocenters. The number of methoxy groups -OCH3 is 1. The molecule has 0 saturated carbocycles. The maximum Gasteiger partial charge on any atom is 0.123 e. The van der Waals surface area contributed by atoms with E-state index in [0.29, 0.717) is 6.04 Å². The van der Waals surface area contributed by atoms with E-state index < -0.39 is 0 Å². The maximum absolute atomic E-state index is 13.3. The van der Waals surface area contributed by atoms with Gasteiger partial charge >= 0.3 is 0 Å². The zero-order valence-corrected chi connectivity index (χ0v) is 10.4. The SMILES string of the molecule is COc1ccc(F)cc1CC1CNCCN1C. The van der Waals surface area contributed by atoms with Gasteiger partial charge in [0.05, 0.1) is 7.11 Å². The molecule has 1 N–H and O–H groups in total. The van der Waals surface area contributed by atoms with Gasteiger partial charge in [-0.3, -0.25) is 0 Å². The normalized spacial score (nSPS) is 21.5. The fourth-order valence-electron chi connectivity index (χ4n) is 2.25. The first-order valence-corrected chi connectivity index (χ1v) is 5.94. The molecule has 1 saturated heterocycles. The Morgan fingerprint density at radius 3 is 3.06 bits per heavy atom. The third kappa shape index (κ3) is 2.96. The lowest BCUT2D eigenvalue weighted by atomic mass is 10.0. The Morgan fingerprint density at radius 1 is 1.53 bits per heavy atom. The molecule has 17 heavy (non-hydrogen) atoms. The van der Waals surface area contributed by atoms with Crippen LogP contribution in [0.25, 0.3) is 0 Å². The number of halogens is 1. The molecule has 0 radical (unpaired) electrons. The monoisotopic (exact) mass is 238 g/mol. The molecule has 1 fully saturated rings. The lowest BCUT2D eigenvalue weighted by Crippen LogP contribution is -2.50. The molecule has 0 aliphatic carbocycles. The van der Waals surface area contributed by atoms with Crippen molar-refractivity contribution in [3.05, 3.63) is 29.6 Å². The van der Waals surface area contributed by atoms with E-state index in [-0.39, 0.29) is 5.82 Å². The van der Waals surface area contributed by atoms with E-state index in [1.54, 1.807) is 19.2 Å². The molecule has 0 aromatic heterocycles. The highest BCUT2D eigenvalue weighted by Gasteiger charge is 2.20. The van der Waals surface area contributed by atoms with Crippen molar-refractivity contribution in [2.75, 3.05) is 33.8 Å². The van der Waals surface area contributed by atoms with Crippen molar-refractivity contribution in [2.45, 2.75) is 12.5 Å². The molecule has 1 aromatic rings. The molecule has 1 heterocycles. The van der Waals surface area contributed by atoms with E-state index in [1.807, 2.05) is 0 Å². The average molecular weight is 238 g/mol. The van der Waals surface area contributed by atoms with Crippen LogP contribution < -0.4 is 10.1 Å². The van der Waals surface area contributed by atoms with Crippen LogP contribution in [-0.2, 0) is 6.42 Å². The van der Waals surface area contributed by atoms with Gasteiger partial charge in [0.15, 0.2) is 0 Å². The summed E-state index contributed by atoms with van der Waals surface area (Å²) in [6.45, 7) is 2.99. The minimum Gasteiger partial charge on any atom is -0.496 e. The summed E-state index contributed by atoms with van der Waals surface area (Å²) in [4.78, 5) is 2.31. The summed E-state index contributed by atoms with van der Waals surface area (Å²) >= 11 is 0. The number of rotatable bonds is 3. The molecule has 0 amide bonds. The zero-order chi connectivity index (χ0) is 12.3. The summed E-state index contributed by atoms with van der Waals surface area (Å²) in [5, 5.41) is 3.36. The number of piperazine rings is 1. The third-order valence-corrected chi connectivity index (χ3v) is 3.34. The molecule has 1 aromatic carbocycles. The van der Waals surface area contributed by atoms with E-state index in [9.17, 15) is 4.39 Å². The van der Waals surface area contributed by atoms with Crippen molar-refractivity contribution in [3.8, 4) is 5.75 Å². The van der Waals surface area contributed by atoms with Crippen LogP contribution in [0.4, 0.5) is 4.39 Å². The topological polar surface area (TPSA) is 24.5 Å². The predicted octanol–water partition coefficient (Wildman–Crippen LogP) is 1.28. The highest BCUT2D eigenvalue weighted by molar-refractivity contribution is 5.34. The fraction of sp³-hybridized carbons (Fsp3) is 0.538. The fourth-order valence-corrected chi connectivity index (χ4v) is 2.25. The second-order valence-corrected chi connectivity index (χ2v) is 4.50. The number of likely N-dealkylation sites (N-methyl/N-ethyl adjacent to an activating group) is 1. The lowest BCUT2D eigenvalue weighted by molar-refractivity contribution is 0.198. The van der Waals surface area contributed by atoms with Crippen LogP contribution in [0.5, 0.6) is 5.75 Å². The highest BCUT2D eigenvalue weighted by Crippen LogP contribution is 2.22. The summed E-state index contributed by atoms with van der Waals surface area (Å²) in [6.07, 6.45) is 0.810. The van der Waals surface area contributed by atoms with Gasteiger partial charge in [-0.2, -0.15) is 0 Å². The summed E-state index contributed by atoms with van der Waals surface area (Å²) in [5.41, 5.74) is 0.938. The Bertz CT molecular complexity index is 384. The van der Waals surface area contributed by atoms with Crippen molar-refractivity contribution in [1.82, 2.24) is 10.2 Å². The lowest BCUT2D eigenvalue weighted by Gasteiger charge is -2.33. The number of nitrogens with zero attached hydrogens (tertiary/aromatic N) is 1. The second-order valence-electron chi connectivity index (χ2n) is 4.50. The summed E-state index contributed by atoms with van der Waals surface area (Å²) in [6, 6.07) is 5.10. The van der Waals surface area contributed by atoms with Gasteiger partial charge < -0.3 is 15.0 Å². The Balaban J connectivity index is 2.13. The quantitative estimate of drug-likeness (QED) is 0.858. The average Bonchev–Trinajstić information content (AvgIpc) is 2.32. The molecule has 4 heteroatoms. The highest BCUT2D eigenvalue weighted by atomic mass is 19.1. The number of benzene rings is 1. The summed E-state index contributed by atoms with van der Waals surface area (Å²) < 4.78 is 18.5. The molecular weight excluding hydrogens is 219 g/mol. The first-order chi connectivity index (χ1) is 8.20. The summed E-state index contributed by atoms with van der Waals surface area (Å²) in [7, 11) is 3.73. The molecule has 94 valence electrons. The molecule has 0 spiro atoms. The zero-order valence-electron chi connectivity index (χ0n) is 10.4. The number of hydrogen-bond acceptors (Lipinski definition) is 3. The van der Waals surface area contributed by atoms with E-state index in [4.69, 9.17) is 4.74 Å². The standard InChI is InChI=1S/C13H19FN2O/c1-16-6-5-15-9-12(16)8-10-7-11(14)3-4-13(10)17-2/h3-4,7,12,15H,5-6,8-9H2,1-2H3. The molecule has 0 bridgehead atoms. The van der Waals surface area contributed by atoms with Crippen molar-refractivity contribution in [3.63, 3.8) is 0 Å².